The van der Waals surface area contributed by atoms with E-state index < -0.39 is 17.8 Å². The Morgan fingerprint density at radius 1 is 1.13 bits per heavy atom. The lowest BCUT2D eigenvalue weighted by Gasteiger charge is -2.21. The van der Waals surface area contributed by atoms with E-state index in [0.717, 1.165) is 36.1 Å². The second-order valence-electron chi connectivity index (χ2n) is 9.02. The van der Waals surface area contributed by atoms with Gasteiger partial charge in [0.15, 0.2) is 17.3 Å². The van der Waals surface area contributed by atoms with Crippen LogP contribution in [0.2, 0.25) is 0 Å². The highest BCUT2D eigenvalue weighted by atomic mass is 32.2. The molecule has 5 rings (SSSR count). The van der Waals surface area contributed by atoms with Crippen molar-refractivity contribution < 1.29 is 13.2 Å². The quantitative estimate of drug-likeness (QED) is 0.305. The Labute approximate surface area is 220 Å². The molecule has 0 amide bonds. The predicted molar refractivity (Wildman–Crippen MR) is 138 cm³/mol. The van der Waals surface area contributed by atoms with E-state index in [0.29, 0.717) is 21.5 Å². The molecule has 4 aromatic rings. The number of fused-ring (bicyclic) bond motifs is 1. The molecule has 0 spiro atoms. The van der Waals surface area contributed by atoms with Crippen molar-refractivity contribution in [3.63, 3.8) is 0 Å². The summed E-state index contributed by atoms with van der Waals surface area (Å²) in [5.41, 5.74) is 1.47. The Kier molecular flexibility index (Phi) is 7.03. The third-order valence-electron chi connectivity index (χ3n) is 6.29. The first-order chi connectivity index (χ1) is 18.2. The van der Waals surface area contributed by atoms with Crippen LogP contribution in [-0.4, -0.2) is 46.4 Å². The normalized spacial score (nSPS) is 14.6. The van der Waals surface area contributed by atoms with Gasteiger partial charge in [-0.3, -0.25) is 14.3 Å². The van der Waals surface area contributed by atoms with Crippen LogP contribution in [0.25, 0.3) is 22.6 Å². The molecule has 4 aromatic heterocycles. The van der Waals surface area contributed by atoms with Crippen LogP contribution in [0.3, 0.4) is 0 Å². The van der Waals surface area contributed by atoms with Gasteiger partial charge in [0.2, 0.25) is 0 Å². The largest absolute Gasteiger partial charge is 0.409 e. The number of nitrogens with one attached hydrogen (secondary N) is 1. The van der Waals surface area contributed by atoms with E-state index >= 15 is 0 Å². The summed E-state index contributed by atoms with van der Waals surface area (Å²) >= 11 is 1.64. The zero-order valence-electron chi connectivity index (χ0n) is 21.0. The molecule has 1 aliphatic rings. The van der Waals surface area contributed by atoms with Crippen molar-refractivity contribution in [3.8, 4) is 11.4 Å². The topological polar surface area (TPSA) is 111 Å². The van der Waals surface area contributed by atoms with Crippen LogP contribution in [0.5, 0.6) is 0 Å². The molecule has 198 valence electrons. The van der Waals surface area contributed by atoms with Gasteiger partial charge in [-0.2, -0.15) is 13.2 Å². The maximum atomic E-state index is 13.9. The van der Waals surface area contributed by atoms with Crippen molar-refractivity contribution in [2.24, 2.45) is 0 Å². The number of hydrogen-bond donors (Lipinski definition) is 1. The van der Waals surface area contributed by atoms with Gasteiger partial charge in [0.1, 0.15) is 17.9 Å². The smallest absolute Gasteiger partial charge is 0.360 e. The molecule has 13 heteroatoms. The minimum atomic E-state index is -4.69. The number of anilines is 1. The summed E-state index contributed by atoms with van der Waals surface area (Å²) in [5, 5.41) is 2.85. The molecular formula is C25H25F3N8OS. The standard InChI is InChI=1S/C25H25F3N8OS/c1-4-38-17-8-7-16(29-10-17)9-30-22-24(37)36(14(3)25(26,27)28)23-18(34-22)11-31-21(35-23)19-13(2)32-12-33-20(19)15-5-6-15/h7-8,10-12,14-15H,4-6,9H2,1-3H3,(H,30,34)/t14-/m1/s1. The maximum absolute atomic E-state index is 13.9. The number of nitrogens with zero attached hydrogens (tertiary/aromatic N) is 7. The van der Waals surface area contributed by atoms with Crippen LogP contribution in [0, 0.1) is 6.92 Å². The Morgan fingerprint density at radius 2 is 1.92 bits per heavy atom. The highest BCUT2D eigenvalue weighted by Gasteiger charge is 2.40. The van der Waals surface area contributed by atoms with Gasteiger partial charge in [-0.05, 0) is 44.6 Å². The molecule has 0 bridgehead atoms. The fourth-order valence-corrected chi connectivity index (χ4v) is 4.74. The van der Waals surface area contributed by atoms with E-state index in [9.17, 15) is 18.0 Å². The molecule has 1 aliphatic carbocycles. The van der Waals surface area contributed by atoms with E-state index in [1.54, 1.807) is 30.9 Å². The Hall–Kier alpha value is -3.61. The second-order valence-corrected chi connectivity index (χ2v) is 10.4. The summed E-state index contributed by atoms with van der Waals surface area (Å²) in [4.78, 5) is 40.4. The van der Waals surface area contributed by atoms with Crippen LogP contribution >= 0.6 is 11.8 Å². The lowest BCUT2D eigenvalue weighted by Crippen LogP contribution is -2.35. The van der Waals surface area contributed by atoms with Crippen molar-refractivity contribution in [1.29, 1.82) is 0 Å². The molecule has 1 atom stereocenters. The summed E-state index contributed by atoms with van der Waals surface area (Å²) in [6.07, 6.45) is 1.72. The van der Waals surface area contributed by atoms with Crippen LogP contribution in [-0.2, 0) is 6.54 Å². The van der Waals surface area contributed by atoms with E-state index in [1.165, 1.54) is 12.5 Å². The second kappa shape index (κ2) is 10.3. The predicted octanol–water partition coefficient (Wildman–Crippen LogP) is 5.07. The van der Waals surface area contributed by atoms with E-state index in [2.05, 4.69) is 35.2 Å². The monoisotopic (exact) mass is 542 g/mol. The van der Waals surface area contributed by atoms with Crippen LogP contribution in [0.4, 0.5) is 19.0 Å². The number of aromatic nitrogens is 7. The highest BCUT2D eigenvalue weighted by molar-refractivity contribution is 7.99. The minimum Gasteiger partial charge on any atom is -0.360 e. The first kappa shape index (κ1) is 26.0. The zero-order valence-corrected chi connectivity index (χ0v) is 21.8. The van der Waals surface area contributed by atoms with Crippen LogP contribution in [0.15, 0.2) is 40.5 Å². The number of aryl methyl sites for hydroxylation is 1. The highest BCUT2D eigenvalue weighted by Crippen LogP contribution is 2.43. The van der Waals surface area contributed by atoms with E-state index in [-0.39, 0.29) is 35.3 Å². The number of rotatable bonds is 8. The molecule has 9 nitrogen and oxygen atoms in total. The fourth-order valence-electron chi connectivity index (χ4n) is 4.12. The molecule has 0 aliphatic heterocycles. The summed E-state index contributed by atoms with van der Waals surface area (Å²) in [5.74, 6) is 1.06. The van der Waals surface area contributed by atoms with Gasteiger partial charge in [0, 0.05) is 17.0 Å². The summed E-state index contributed by atoms with van der Waals surface area (Å²) in [7, 11) is 0. The van der Waals surface area contributed by atoms with Crippen LogP contribution < -0.4 is 10.9 Å². The minimum absolute atomic E-state index is 0.0528. The summed E-state index contributed by atoms with van der Waals surface area (Å²) in [6, 6.07) is 1.54. The van der Waals surface area contributed by atoms with Gasteiger partial charge in [-0.25, -0.2) is 24.9 Å². The molecular weight excluding hydrogens is 517 g/mol. The zero-order chi connectivity index (χ0) is 27.0. The molecule has 0 saturated heterocycles. The Bertz CT molecular complexity index is 1540. The third-order valence-corrected chi connectivity index (χ3v) is 7.16. The molecule has 0 unspecified atom stereocenters. The lowest BCUT2D eigenvalue weighted by atomic mass is 10.1. The van der Waals surface area contributed by atoms with Gasteiger partial charge >= 0.3 is 6.18 Å². The van der Waals surface area contributed by atoms with Crippen molar-refractivity contribution in [3.05, 3.63) is 58.3 Å². The van der Waals surface area contributed by atoms with Crippen molar-refractivity contribution in [2.75, 3.05) is 11.1 Å². The van der Waals surface area contributed by atoms with Crippen molar-refractivity contribution in [1.82, 2.24) is 34.5 Å². The first-order valence-electron chi connectivity index (χ1n) is 12.2. The molecule has 0 aromatic carbocycles. The van der Waals surface area contributed by atoms with E-state index in [4.69, 9.17) is 0 Å². The average Bonchev–Trinajstić information content (AvgIpc) is 3.73. The SMILES string of the molecule is CCSc1ccc(CNc2nc3cnc(-c4c(C)ncnc4C4CC4)nc3n([C@H](C)C(F)(F)F)c2=O)nc1. The molecule has 1 saturated carbocycles. The Balaban J connectivity index is 1.59. The summed E-state index contributed by atoms with van der Waals surface area (Å²) in [6.45, 7) is 4.83. The number of halogens is 3. The molecule has 4 heterocycles. The van der Waals surface area contributed by atoms with Gasteiger partial charge in [-0.1, -0.05) is 6.92 Å². The van der Waals surface area contributed by atoms with Crippen LogP contribution in [0.1, 0.15) is 55.7 Å². The lowest BCUT2D eigenvalue weighted by molar-refractivity contribution is -0.162. The van der Waals surface area contributed by atoms with E-state index in [1.807, 2.05) is 13.0 Å². The molecule has 0 radical (unpaired) electrons. The average molecular weight is 543 g/mol. The number of pyridine rings is 1. The Morgan fingerprint density at radius 3 is 2.58 bits per heavy atom. The number of alkyl halides is 3. The maximum Gasteiger partial charge on any atom is 0.409 e. The van der Waals surface area contributed by atoms with Gasteiger partial charge in [0.25, 0.3) is 5.56 Å². The van der Waals surface area contributed by atoms with Crippen molar-refractivity contribution >= 4 is 28.7 Å². The van der Waals surface area contributed by atoms with Gasteiger partial charge in [0.05, 0.1) is 35.4 Å². The van der Waals surface area contributed by atoms with Crippen molar-refractivity contribution in [2.45, 2.75) is 63.2 Å². The number of thioether (sulfide) groups is 1. The molecule has 38 heavy (non-hydrogen) atoms. The summed E-state index contributed by atoms with van der Waals surface area (Å²) < 4.78 is 42.4. The first-order valence-corrected chi connectivity index (χ1v) is 13.1. The van der Waals surface area contributed by atoms with Gasteiger partial charge < -0.3 is 5.32 Å². The molecule has 1 N–H and O–H groups in total. The van der Waals surface area contributed by atoms with Gasteiger partial charge in [-0.15, -0.1) is 11.8 Å². The molecule has 1 fully saturated rings. The number of hydrogen-bond acceptors (Lipinski definition) is 9. The third kappa shape index (κ3) is 5.19. The fraction of sp³-hybridized carbons (Fsp3) is 0.400.